The normalized spacial score (nSPS) is 14.3. The van der Waals surface area contributed by atoms with E-state index in [9.17, 15) is 4.79 Å². The number of carbonyl (C=O) groups excluding carboxylic acids is 1. The molecule has 0 radical (unpaired) electrons. The van der Waals surface area contributed by atoms with Gasteiger partial charge in [0.2, 0.25) is 5.91 Å². The first-order valence-corrected chi connectivity index (χ1v) is 10.7. The van der Waals surface area contributed by atoms with Gasteiger partial charge in [-0.05, 0) is 25.0 Å². The minimum atomic E-state index is -0.159. The lowest BCUT2D eigenvalue weighted by molar-refractivity contribution is -0.120. The maximum Gasteiger partial charge on any atom is 0.257 e. The van der Waals surface area contributed by atoms with Crippen molar-refractivity contribution in [3.8, 4) is 17.4 Å². The Morgan fingerprint density at radius 2 is 1.72 bits per heavy atom. The molecule has 1 aliphatic rings. The van der Waals surface area contributed by atoms with Gasteiger partial charge in [-0.2, -0.15) is 0 Å². The van der Waals surface area contributed by atoms with Gasteiger partial charge in [0, 0.05) is 31.1 Å². The molecule has 168 valence electrons. The van der Waals surface area contributed by atoms with E-state index < -0.39 is 0 Å². The molecule has 0 aliphatic carbocycles. The molecule has 2 aromatic carbocycles. The third-order valence-corrected chi connectivity index (χ3v) is 5.91. The molecule has 0 saturated carbocycles. The number of ether oxygens (including phenoxy) is 3. The van der Waals surface area contributed by atoms with Gasteiger partial charge in [-0.3, -0.25) is 4.79 Å². The summed E-state index contributed by atoms with van der Waals surface area (Å²) in [7, 11) is 4.66. The largest absolute Gasteiger partial charge is 0.497 e. The molecule has 1 fully saturated rings. The molecule has 0 unspecified atom stereocenters. The van der Waals surface area contributed by atoms with E-state index in [0.717, 1.165) is 11.0 Å². The zero-order valence-electron chi connectivity index (χ0n) is 18.2. The van der Waals surface area contributed by atoms with Crippen molar-refractivity contribution in [1.82, 2.24) is 9.97 Å². The first-order chi connectivity index (χ1) is 15.5. The molecule has 8 nitrogen and oxygen atoms in total. The SMILES string of the molecule is COc1cc(Cl)c(NC(=O)C2CCN(c3nc4ccccc4nc3OC)CC2)c(OC)c1. The van der Waals surface area contributed by atoms with Gasteiger partial charge >= 0.3 is 0 Å². The number of fused-ring (bicyclic) bond motifs is 1. The summed E-state index contributed by atoms with van der Waals surface area (Å²) in [5, 5.41) is 3.29. The number of rotatable bonds is 6. The van der Waals surface area contributed by atoms with Gasteiger partial charge in [0.1, 0.15) is 17.2 Å². The number of nitrogens with zero attached hydrogens (tertiary/aromatic N) is 3. The fourth-order valence-electron chi connectivity index (χ4n) is 3.85. The van der Waals surface area contributed by atoms with E-state index in [0.29, 0.717) is 59.8 Å². The van der Waals surface area contributed by atoms with Crippen LogP contribution in [0.3, 0.4) is 0 Å². The maximum absolute atomic E-state index is 13.0. The highest BCUT2D eigenvalue weighted by atomic mass is 35.5. The molecule has 1 saturated heterocycles. The maximum atomic E-state index is 13.0. The minimum absolute atomic E-state index is 0.0911. The predicted octanol–water partition coefficient (Wildman–Crippen LogP) is 4.16. The number of methoxy groups -OCH3 is 3. The summed E-state index contributed by atoms with van der Waals surface area (Å²) in [6.07, 6.45) is 1.33. The fraction of sp³-hybridized carbons (Fsp3) is 0.348. The number of para-hydroxylation sites is 2. The van der Waals surface area contributed by atoms with E-state index in [1.54, 1.807) is 26.4 Å². The van der Waals surface area contributed by atoms with Crippen LogP contribution in [0.25, 0.3) is 11.0 Å². The van der Waals surface area contributed by atoms with Crippen molar-refractivity contribution in [1.29, 1.82) is 0 Å². The Morgan fingerprint density at radius 3 is 2.34 bits per heavy atom. The van der Waals surface area contributed by atoms with Crippen LogP contribution in [0.2, 0.25) is 5.02 Å². The second-order valence-corrected chi connectivity index (χ2v) is 7.89. The molecular formula is C23H25ClN4O4. The molecule has 0 atom stereocenters. The molecule has 0 bridgehead atoms. The van der Waals surface area contributed by atoms with Crippen LogP contribution in [0.4, 0.5) is 11.5 Å². The number of anilines is 2. The number of piperidine rings is 1. The molecular weight excluding hydrogens is 432 g/mol. The van der Waals surface area contributed by atoms with Crippen LogP contribution in [-0.2, 0) is 4.79 Å². The van der Waals surface area contributed by atoms with Crippen molar-refractivity contribution < 1.29 is 19.0 Å². The van der Waals surface area contributed by atoms with E-state index in [4.69, 9.17) is 30.8 Å². The number of hydrogen-bond donors (Lipinski definition) is 1. The topological polar surface area (TPSA) is 85.8 Å². The number of carbonyl (C=O) groups is 1. The first-order valence-electron chi connectivity index (χ1n) is 10.3. The zero-order valence-corrected chi connectivity index (χ0v) is 19.0. The fourth-order valence-corrected chi connectivity index (χ4v) is 4.10. The summed E-state index contributed by atoms with van der Waals surface area (Å²) in [6, 6.07) is 11.0. The van der Waals surface area contributed by atoms with Gasteiger partial charge < -0.3 is 24.4 Å². The zero-order chi connectivity index (χ0) is 22.7. The van der Waals surface area contributed by atoms with Crippen LogP contribution in [0.1, 0.15) is 12.8 Å². The smallest absolute Gasteiger partial charge is 0.257 e. The Balaban J connectivity index is 1.46. The van der Waals surface area contributed by atoms with E-state index in [1.807, 2.05) is 24.3 Å². The lowest BCUT2D eigenvalue weighted by Gasteiger charge is -2.32. The predicted molar refractivity (Wildman–Crippen MR) is 124 cm³/mol. The van der Waals surface area contributed by atoms with Crippen molar-refractivity contribution >= 4 is 40.0 Å². The number of amides is 1. The number of aromatic nitrogens is 2. The quantitative estimate of drug-likeness (QED) is 0.595. The van der Waals surface area contributed by atoms with Crippen molar-refractivity contribution in [3.05, 3.63) is 41.4 Å². The van der Waals surface area contributed by atoms with Gasteiger partial charge in [0.05, 0.1) is 37.4 Å². The van der Waals surface area contributed by atoms with E-state index in [-0.39, 0.29) is 11.8 Å². The monoisotopic (exact) mass is 456 g/mol. The summed E-state index contributed by atoms with van der Waals surface area (Å²) in [5.41, 5.74) is 2.04. The molecule has 1 aliphatic heterocycles. The molecule has 1 aromatic heterocycles. The molecule has 3 aromatic rings. The van der Waals surface area contributed by atoms with Crippen molar-refractivity contribution in [2.75, 3.05) is 44.6 Å². The lowest BCUT2D eigenvalue weighted by Crippen LogP contribution is -2.39. The standard InChI is InChI=1S/C23H25ClN4O4/c1-30-15-12-16(24)20(19(13-15)31-2)27-22(29)14-8-10-28(11-9-14)21-23(32-3)26-18-7-5-4-6-17(18)25-21/h4-7,12-14H,8-11H2,1-3H3,(H,27,29). The Morgan fingerprint density at radius 1 is 1.03 bits per heavy atom. The summed E-state index contributed by atoms with van der Waals surface area (Å²) < 4.78 is 16.1. The Hall–Kier alpha value is -3.26. The summed E-state index contributed by atoms with van der Waals surface area (Å²) >= 11 is 6.35. The molecule has 4 rings (SSSR count). The highest BCUT2D eigenvalue weighted by molar-refractivity contribution is 6.34. The molecule has 1 amide bonds. The molecule has 1 N–H and O–H groups in total. The molecule has 9 heteroatoms. The average molecular weight is 457 g/mol. The molecule has 32 heavy (non-hydrogen) atoms. The van der Waals surface area contributed by atoms with Crippen molar-refractivity contribution in [2.45, 2.75) is 12.8 Å². The van der Waals surface area contributed by atoms with Gasteiger partial charge in [0.15, 0.2) is 5.82 Å². The van der Waals surface area contributed by atoms with E-state index in [2.05, 4.69) is 15.2 Å². The second kappa shape index (κ2) is 9.48. The molecule has 2 heterocycles. The minimum Gasteiger partial charge on any atom is -0.497 e. The van der Waals surface area contributed by atoms with Crippen LogP contribution in [0.15, 0.2) is 36.4 Å². The van der Waals surface area contributed by atoms with Crippen LogP contribution in [-0.4, -0.2) is 50.3 Å². The lowest BCUT2D eigenvalue weighted by atomic mass is 9.95. The summed E-state index contributed by atoms with van der Waals surface area (Å²) in [4.78, 5) is 24.4. The van der Waals surface area contributed by atoms with Gasteiger partial charge in [-0.15, -0.1) is 0 Å². The van der Waals surface area contributed by atoms with Crippen LogP contribution >= 0.6 is 11.6 Å². The highest BCUT2D eigenvalue weighted by Gasteiger charge is 2.29. The first kappa shape index (κ1) is 22.0. The summed E-state index contributed by atoms with van der Waals surface area (Å²) in [6.45, 7) is 1.32. The van der Waals surface area contributed by atoms with Crippen molar-refractivity contribution in [3.63, 3.8) is 0 Å². The van der Waals surface area contributed by atoms with Crippen molar-refractivity contribution in [2.24, 2.45) is 5.92 Å². The van der Waals surface area contributed by atoms with E-state index >= 15 is 0 Å². The number of nitrogens with one attached hydrogen (secondary N) is 1. The number of halogens is 1. The third kappa shape index (κ3) is 4.36. The summed E-state index contributed by atoms with van der Waals surface area (Å²) in [5.74, 6) is 1.95. The van der Waals surface area contributed by atoms with Gasteiger partial charge in [0.25, 0.3) is 5.88 Å². The van der Waals surface area contributed by atoms with Gasteiger partial charge in [-0.25, -0.2) is 9.97 Å². The number of hydrogen-bond acceptors (Lipinski definition) is 7. The van der Waals surface area contributed by atoms with Crippen LogP contribution in [0.5, 0.6) is 17.4 Å². The molecule has 0 spiro atoms. The second-order valence-electron chi connectivity index (χ2n) is 7.48. The third-order valence-electron chi connectivity index (χ3n) is 5.61. The Kier molecular flexibility index (Phi) is 6.50. The van der Waals surface area contributed by atoms with Gasteiger partial charge in [-0.1, -0.05) is 23.7 Å². The Bertz CT molecular complexity index is 1130. The average Bonchev–Trinajstić information content (AvgIpc) is 2.84. The highest BCUT2D eigenvalue weighted by Crippen LogP contribution is 2.38. The van der Waals surface area contributed by atoms with Crippen LogP contribution in [0, 0.1) is 5.92 Å². The van der Waals surface area contributed by atoms with E-state index in [1.165, 1.54) is 7.11 Å². The van der Waals surface area contributed by atoms with Crippen LogP contribution < -0.4 is 24.4 Å². The number of benzene rings is 2. The Labute approximate surface area is 191 Å².